The Morgan fingerprint density at radius 3 is 2.67 bits per heavy atom. The summed E-state index contributed by atoms with van der Waals surface area (Å²) in [6.07, 6.45) is 0. The number of aromatic nitrogens is 3. The van der Waals surface area contributed by atoms with E-state index in [4.69, 9.17) is 17.4 Å². The van der Waals surface area contributed by atoms with Crippen LogP contribution in [0, 0.1) is 11.6 Å². The summed E-state index contributed by atoms with van der Waals surface area (Å²) in [5, 5.41) is 10.0. The van der Waals surface area contributed by atoms with Crippen molar-refractivity contribution in [1.29, 1.82) is 0 Å². The molecule has 0 radical (unpaired) electrons. The Balaban J connectivity index is 1.73. The number of anilines is 1. The number of halogens is 3. The summed E-state index contributed by atoms with van der Waals surface area (Å²) in [5.41, 5.74) is 0.206. The second-order valence-electron chi connectivity index (χ2n) is 5.53. The van der Waals surface area contributed by atoms with Gasteiger partial charge in [0.05, 0.1) is 16.5 Å². The van der Waals surface area contributed by atoms with Crippen molar-refractivity contribution in [3.8, 4) is 11.4 Å². The van der Waals surface area contributed by atoms with Crippen LogP contribution >= 0.6 is 23.4 Å². The summed E-state index contributed by atoms with van der Waals surface area (Å²) in [4.78, 5) is 12.3. The lowest BCUT2D eigenvalue weighted by Crippen LogP contribution is -2.24. The van der Waals surface area contributed by atoms with Crippen molar-refractivity contribution in [1.82, 2.24) is 14.9 Å². The molecule has 1 aromatic heterocycles. The summed E-state index contributed by atoms with van der Waals surface area (Å²) in [5.74, 6) is 4.48. The molecule has 0 unspecified atom stereocenters. The predicted octanol–water partition coefficient (Wildman–Crippen LogP) is 3.71. The monoisotopic (exact) mass is 409 g/mol. The van der Waals surface area contributed by atoms with Crippen LogP contribution in [0.15, 0.2) is 47.6 Å². The van der Waals surface area contributed by atoms with Crippen molar-refractivity contribution in [3.63, 3.8) is 0 Å². The summed E-state index contributed by atoms with van der Waals surface area (Å²) in [6.45, 7) is 1.60. The van der Waals surface area contributed by atoms with Crippen LogP contribution in [0.2, 0.25) is 5.02 Å². The number of benzene rings is 2. The molecule has 0 aliphatic rings. The Hall–Kier alpha value is -2.65. The van der Waals surface area contributed by atoms with Gasteiger partial charge >= 0.3 is 0 Å². The summed E-state index contributed by atoms with van der Waals surface area (Å²) in [6, 6.07) is 9.95. The number of thioether (sulfide) groups is 1. The number of carbonyl (C=O) groups is 1. The fourth-order valence-corrected chi connectivity index (χ4v) is 3.15. The molecule has 0 spiro atoms. The molecule has 0 bridgehead atoms. The van der Waals surface area contributed by atoms with Crippen molar-refractivity contribution in [2.75, 3.05) is 11.2 Å². The van der Waals surface area contributed by atoms with Crippen LogP contribution in [0.3, 0.4) is 0 Å². The smallest absolute Gasteiger partial charge is 0.237 e. The fraction of sp³-hybridized carbons (Fsp3) is 0.118. The first-order chi connectivity index (χ1) is 12.9. The molecule has 0 fully saturated rings. The number of rotatable bonds is 5. The molecule has 10 heteroatoms. The molecule has 0 aliphatic carbocycles. The third-order valence-electron chi connectivity index (χ3n) is 3.62. The van der Waals surface area contributed by atoms with Gasteiger partial charge in [0.2, 0.25) is 11.1 Å². The minimum atomic E-state index is -0.667. The molecule has 1 amide bonds. The minimum absolute atomic E-state index is 0.0121. The van der Waals surface area contributed by atoms with Gasteiger partial charge in [0.25, 0.3) is 0 Å². The molecule has 0 saturated heterocycles. The molecular formula is C17H14ClF2N5OS. The van der Waals surface area contributed by atoms with Gasteiger partial charge < -0.3 is 11.2 Å². The topological polar surface area (TPSA) is 85.8 Å². The maximum absolute atomic E-state index is 13.9. The highest BCUT2D eigenvalue weighted by Crippen LogP contribution is 2.27. The zero-order valence-electron chi connectivity index (χ0n) is 14.0. The molecule has 6 nitrogen and oxygen atoms in total. The number of nitrogens with two attached hydrogens (primary N) is 1. The third-order valence-corrected chi connectivity index (χ3v) is 4.91. The molecule has 2 aromatic carbocycles. The number of hydrogen-bond acceptors (Lipinski definition) is 5. The van der Waals surface area contributed by atoms with Gasteiger partial charge in [-0.2, -0.15) is 0 Å². The van der Waals surface area contributed by atoms with Crippen LogP contribution in [0.25, 0.3) is 11.4 Å². The van der Waals surface area contributed by atoms with E-state index in [1.807, 2.05) is 0 Å². The normalized spacial score (nSPS) is 12.0. The zero-order valence-corrected chi connectivity index (χ0v) is 15.6. The van der Waals surface area contributed by atoms with Gasteiger partial charge in [0.15, 0.2) is 5.82 Å². The molecule has 0 aliphatic heterocycles. The lowest BCUT2D eigenvalue weighted by Gasteiger charge is -2.12. The fourth-order valence-electron chi connectivity index (χ4n) is 2.22. The van der Waals surface area contributed by atoms with E-state index >= 15 is 0 Å². The molecular weight excluding hydrogens is 396 g/mol. The number of amides is 1. The van der Waals surface area contributed by atoms with Gasteiger partial charge in [-0.1, -0.05) is 35.5 Å². The molecule has 3 N–H and O–H groups in total. The average molecular weight is 410 g/mol. The van der Waals surface area contributed by atoms with Crippen molar-refractivity contribution < 1.29 is 13.6 Å². The minimum Gasteiger partial charge on any atom is -0.335 e. The predicted molar refractivity (Wildman–Crippen MR) is 101 cm³/mol. The molecule has 140 valence electrons. The van der Waals surface area contributed by atoms with Gasteiger partial charge in [0, 0.05) is 5.02 Å². The molecule has 3 rings (SSSR count). The Bertz CT molecular complexity index is 997. The molecule has 3 aromatic rings. The van der Waals surface area contributed by atoms with Crippen molar-refractivity contribution >= 4 is 35.0 Å². The van der Waals surface area contributed by atoms with Crippen LogP contribution in [-0.2, 0) is 4.79 Å². The SMILES string of the molecule is C[C@@H](Sc1nnc(-c2ccccc2F)n1N)C(=O)Nc1ccc(Cl)cc1F. The lowest BCUT2D eigenvalue weighted by atomic mass is 10.2. The van der Waals surface area contributed by atoms with Gasteiger partial charge in [-0.25, -0.2) is 13.5 Å². The van der Waals surface area contributed by atoms with Crippen LogP contribution < -0.4 is 11.2 Å². The highest BCUT2D eigenvalue weighted by molar-refractivity contribution is 8.00. The van der Waals surface area contributed by atoms with E-state index in [-0.39, 0.29) is 27.3 Å². The number of nitrogen functional groups attached to an aromatic ring is 1. The third kappa shape index (κ3) is 4.20. The summed E-state index contributed by atoms with van der Waals surface area (Å²) < 4.78 is 28.8. The summed E-state index contributed by atoms with van der Waals surface area (Å²) in [7, 11) is 0. The second-order valence-corrected chi connectivity index (χ2v) is 7.27. The van der Waals surface area contributed by atoms with E-state index in [2.05, 4.69) is 15.5 Å². The second kappa shape index (κ2) is 7.93. The Kier molecular flexibility index (Phi) is 5.62. The van der Waals surface area contributed by atoms with Gasteiger partial charge in [-0.05, 0) is 37.3 Å². The average Bonchev–Trinajstić information content (AvgIpc) is 2.98. The van der Waals surface area contributed by atoms with E-state index in [0.717, 1.165) is 22.5 Å². The number of nitrogens with one attached hydrogen (secondary N) is 1. The van der Waals surface area contributed by atoms with Gasteiger partial charge in [-0.15, -0.1) is 10.2 Å². The molecule has 0 saturated carbocycles. The van der Waals surface area contributed by atoms with E-state index in [1.54, 1.807) is 19.1 Å². The number of nitrogens with zero attached hydrogens (tertiary/aromatic N) is 3. The van der Waals surface area contributed by atoms with Crippen molar-refractivity contribution in [3.05, 3.63) is 59.1 Å². The van der Waals surface area contributed by atoms with Gasteiger partial charge in [0.1, 0.15) is 11.6 Å². The van der Waals surface area contributed by atoms with Crippen LogP contribution in [0.5, 0.6) is 0 Å². The summed E-state index contributed by atoms with van der Waals surface area (Å²) >= 11 is 6.70. The first-order valence-electron chi connectivity index (χ1n) is 7.74. The first kappa shape index (κ1) is 19.1. The van der Waals surface area contributed by atoms with Crippen LogP contribution in [0.4, 0.5) is 14.5 Å². The number of carbonyl (C=O) groups excluding carboxylic acids is 1. The Morgan fingerprint density at radius 2 is 1.96 bits per heavy atom. The maximum atomic E-state index is 13.9. The Labute approximate surface area is 162 Å². The van der Waals surface area contributed by atoms with E-state index in [0.29, 0.717) is 0 Å². The molecule has 1 heterocycles. The standard InChI is InChI=1S/C17H14ClF2N5OS/c1-9(16(26)22-14-7-6-10(18)8-13(14)20)27-17-24-23-15(25(17)21)11-4-2-3-5-12(11)19/h2-9H,21H2,1H3,(H,22,26)/t9-/m1/s1. The van der Waals surface area contributed by atoms with E-state index < -0.39 is 22.8 Å². The quantitative estimate of drug-likeness (QED) is 0.495. The van der Waals surface area contributed by atoms with Crippen LogP contribution in [-0.4, -0.2) is 26.0 Å². The van der Waals surface area contributed by atoms with Crippen molar-refractivity contribution in [2.24, 2.45) is 0 Å². The largest absolute Gasteiger partial charge is 0.335 e. The zero-order chi connectivity index (χ0) is 19.6. The number of hydrogen-bond donors (Lipinski definition) is 2. The highest BCUT2D eigenvalue weighted by Gasteiger charge is 2.21. The Morgan fingerprint density at radius 1 is 1.22 bits per heavy atom. The van der Waals surface area contributed by atoms with Gasteiger partial charge in [-0.3, -0.25) is 4.79 Å². The van der Waals surface area contributed by atoms with E-state index in [9.17, 15) is 13.6 Å². The van der Waals surface area contributed by atoms with Crippen molar-refractivity contribution in [2.45, 2.75) is 17.3 Å². The lowest BCUT2D eigenvalue weighted by molar-refractivity contribution is -0.115. The molecule has 27 heavy (non-hydrogen) atoms. The highest BCUT2D eigenvalue weighted by atomic mass is 35.5. The van der Waals surface area contributed by atoms with E-state index in [1.165, 1.54) is 24.3 Å². The molecule has 1 atom stereocenters. The van der Waals surface area contributed by atoms with Crippen LogP contribution in [0.1, 0.15) is 6.92 Å². The maximum Gasteiger partial charge on any atom is 0.237 e. The first-order valence-corrected chi connectivity index (χ1v) is 9.00.